The van der Waals surface area contributed by atoms with Crippen molar-refractivity contribution in [3.63, 3.8) is 0 Å². The Morgan fingerprint density at radius 3 is 2.43 bits per heavy atom. The number of carbonyl (C=O) groups excluding carboxylic acids is 1. The first-order valence-corrected chi connectivity index (χ1v) is 13.4. The number of hydrogen-bond acceptors (Lipinski definition) is 4. The van der Waals surface area contributed by atoms with Crippen LogP contribution in [0.5, 0.6) is 0 Å². The van der Waals surface area contributed by atoms with E-state index in [1.807, 2.05) is 39.1 Å². The van der Waals surface area contributed by atoms with E-state index in [9.17, 15) is 4.79 Å². The lowest BCUT2D eigenvalue weighted by Gasteiger charge is -2.22. The second kappa shape index (κ2) is 10.8. The van der Waals surface area contributed by atoms with E-state index in [0.29, 0.717) is 12.5 Å². The first kappa shape index (κ1) is 25.0. The van der Waals surface area contributed by atoms with Crippen molar-refractivity contribution in [2.24, 2.45) is 0 Å². The monoisotopic (exact) mass is 496 g/mol. The molecule has 1 saturated carbocycles. The fourth-order valence-corrected chi connectivity index (χ4v) is 5.13. The van der Waals surface area contributed by atoms with Crippen LogP contribution in [0.25, 0.3) is 28.2 Å². The Morgan fingerprint density at radius 2 is 1.73 bits per heavy atom. The van der Waals surface area contributed by atoms with Crippen molar-refractivity contribution in [3.8, 4) is 17.1 Å². The van der Waals surface area contributed by atoms with E-state index in [1.165, 1.54) is 37.7 Å². The Bertz CT molecular complexity index is 1340. The molecule has 0 atom stereocenters. The number of benzene rings is 2. The van der Waals surface area contributed by atoms with Crippen molar-refractivity contribution in [2.75, 3.05) is 6.54 Å². The third kappa shape index (κ3) is 6.01. The van der Waals surface area contributed by atoms with Crippen molar-refractivity contribution in [3.05, 3.63) is 78.0 Å². The molecule has 2 aromatic carbocycles. The molecule has 0 bridgehead atoms. The maximum Gasteiger partial charge on any atom is 0.407 e. The largest absolute Gasteiger partial charge is 0.444 e. The minimum absolute atomic E-state index is 0.390. The lowest BCUT2D eigenvalue weighted by molar-refractivity contribution is 0.0528. The standard InChI is InChI=1S/C31H36N4O2/c1-31(2,3)37-30(36)33-21-19-22-11-17-26(18-12-22)35-28(34-27-10-7-20-32-29(27)35)25-15-13-24(14-16-25)23-8-5-4-6-9-23/h7,10-18,20,23H,4-6,8-9,19,21H2,1-3H3,(H,33,36). The molecule has 2 aromatic heterocycles. The van der Waals surface area contributed by atoms with E-state index in [4.69, 9.17) is 9.72 Å². The van der Waals surface area contributed by atoms with Gasteiger partial charge in [-0.3, -0.25) is 4.57 Å². The summed E-state index contributed by atoms with van der Waals surface area (Å²) in [6.07, 6.45) is 8.76. The third-order valence-corrected chi connectivity index (χ3v) is 6.94. The number of imidazole rings is 1. The molecule has 1 aliphatic carbocycles. The summed E-state index contributed by atoms with van der Waals surface area (Å²) in [5, 5.41) is 2.83. The molecule has 0 unspecified atom stereocenters. The highest BCUT2D eigenvalue weighted by Gasteiger charge is 2.19. The molecule has 0 spiro atoms. The van der Waals surface area contributed by atoms with Gasteiger partial charge in [-0.05, 0) is 81.3 Å². The van der Waals surface area contributed by atoms with Gasteiger partial charge in [-0.2, -0.15) is 0 Å². The first-order valence-electron chi connectivity index (χ1n) is 13.4. The number of nitrogens with one attached hydrogen (secondary N) is 1. The summed E-state index contributed by atoms with van der Waals surface area (Å²) in [5.74, 6) is 1.57. The average molecular weight is 497 g/mol. The molecule has 6 nitrogen and oxygen atoms in total. The minimum Gasteiger partial charge on any atom is -0.444 e. The Hall–Kier alpha value is -3.67. The maximum absolute atomic E-state index is 11.9. The maximum atomic E-state index is 11.9. The van der Waals surface area contributed by atoms with Crippen molar-refractivity contribution < 1.29 is 9.53 Å². The number of carbonyl (C=O) groups is 1. The molecule has 1 aliphatic rings. The van der Waals surface area contributed by atoms with Crippen LogP contribution in [0.15, 0.2) is 66.9 Å². The van der Waals surface area contributed by atoms with E-state index in [0.717, 1.165) is 40.2 Å². The van der Waals surface area contributed by atoms with Gasteiger partial charge >= 0.3 is 6.09 Å². The van der Waals surface area contributed by atoms with Gasteiger partial charge in [-0.15, -0.1) is 0 Å². The molecular formula is C31H36N4O2. The number of hydrogen-bond donors (Lipinski definition) is 1. The second-order valence-corrected chi connectivity index (χ2v) is 10.9. The molecule has 1 fully saturated rings. The minimum atomic E-state index is -0.499. The molecule has 37 heavy (non-hydrogen) atoms. The Morgan fingerprint density at radius 1 is 1.00 bits per heavy atom. The lowest BCUT2D eigenvalue weighted by Crippen LogP contribution is -2.33. The number of rotatable bonds is 6. The first-order chi connectivity index (χ1) is 17.9. The molecule has 5 rings (SSSR count). The smallest absolute Gasteiger partial charge is 0.407 e. The number of fused-ring (bicyclic) bond motifs is 1. The molecule has 1 N–H and O–H groups in total. The summed E-state index contributed by atoms with van der Waals surface area (Å²) < 4.78 is 7.45. The molecule has 192 valence electrons. The quantitative estimate of drug-likeness (QED) is 0.306. The van der Waals surface area contributed by atoms with Crippen LogP contribution in [0, 0.1) is 0 Å². The molecule has 1 amide bonds. The van der Waals surface area contributed by atoms with Crippen molar-refractivity contribution in [2.45, 2.75) is 70.8 Å². The molecule has 0 aliphatic heterocycles. The zero-order chi connectivity index (χ0) is 25.8. The number of pyridine rings is 1. The summed E-state index contributed by atoms with van der Waals surface area (Å²) in [6.45, 7) is 6.10. The predicted octanol–water partition coefficient (Wildman–Crippen LogP) is 7.20. The van der Waals surface area contributed by atoms with Crippen LogP contribution in [0.2, 0.25) is 0 Å². The van der Waals surface area contributed by atoms with Crippen LogP contribution in [-0.2, 0) is 11.2 Å². The van der Waals surface area contributed by atoms with Gasteiger partial charge in [0.15, 0.2) is 5.65 Å². The van der Waals surface area contributed by atoms with Gasteiger partial charge in [0, 0.05) is 24.0 Å². The predicted molar refractivity (Wildman–Crippen MR) is 148 cm³/mol. The van der Waals surface area contributed by atoms with Gasteiger partial charge in [0.2, 0.25) is 0 Å². The molecule has 0 radical (unpaired) electrons. The summed E-state index contributed by atoms with van der Waals surface area (Å²) in [5.41, 5.74) is 5.89. The van der Waals surface area contributed by atoms with E-state index in [1.54, 1.807) is 0 Å². The van der Waals surface area contributed by atoms with Gasteiger partial charge in [-0.25, -0.2) is 14.8 Å². The number of aromatic nitrogens is 3. The SMILES string of the molecule is CC(C)(C)OC(=O)NCCc1ccc(-n2c(-c3ccc(C4CCCCC4)cc3)nc3cccnc32)cc1. The third-order valence-electron chi connectivity index (χ3n) is 6.94. The number of amides is 1. The van der Waals surface area contributed by atoms with E-state index >= 15 is 0 Å². The van der Waals surface area contributed by atoms with Gasteiger partial charge in [0.1, 0.15) is 16.9 Å². The van der Waals surface area contributed by atoms with Gasteiger partial charge in [0.05, 0.1) is 0 Å². The summed E-state index contributed by atoms with van der Waals surface area (Å²) >= 11 is 0. The van der Waals surface area contributed by atoms with Crippen LogP contribution in [-0.4, -0.2) is 32.8 Å². The Kier molecular flexibility index (Phi) is 7.26. The Balaban J connectivity index is 1.36. The molecule has 2 heterocycles. The highest BCUT2D eigenvalue weighted by Crippen LogP contribution is 2.34. The van der Waals surface area contributed by atoms with Crippen molar-refractivity contribution >= 4 is 17.3 Å². The Labute approximate surface area is 219 Å². The highest BCUT2D eigenvalue weighted by molar-refractivity contribution is 5.80. The second-order valence-electron chi connectivity index (χ2n) is 10.9. The number of nitrogens with zero attached hydrogens (tertiary/aromatic N) is 3. The summed E-state index contributed by atoms with van der Waals surface area (Å²) in [7, 11) is 0. The van der Waals surface area contributed by atoms with Crippen LogP contribution >= 0.6 is 0 Å². The van der Waals surface area contributed by atoms with Gasteiger partial charge in [0.25, 0.3) is 0 Å². The number of alkyl carbamates (subject to hydrolysis) is 1. The summed E-state index contributed by atoms with van der Waals surface area (Å²) in [4.78, 5) is 21.5. The molecule has 6 heteroatoms. The normalized spacial score (nSPS) is 14.6. The zero-order valence-corrected chi connectivity index (χ0v) is 22.0. The lowest BCUT2D eigenvalue weighted by atomic mass is 9.84. The van der Waals surface area contributed by atoms with Gasteiger partial charge in [-0.1, -0.05) is 55.7 Å². The average Bonchev–Trinajstić information content (AvgIpc) is 3.28. The van der Waals surface area contributed by atoms with Crippen LogP contribution < -0.4 is 5.32 Å². The number of ether oxygens (including phenoxy) is 1. The van der Waals surface area contributed by atoms with E-state index in [2.05, 4.69) is 63.4 Å². The highest BCUT2D eigenvalue weighted by atomic mass is 16.6. The van der Waals surface area contributed by atoms with Crippen molar-refractivity contribution in [1.82, 2.24) is 19.9 Å². The molecule has 0 saturated heterocycles. The van der Waals surface area contributed by atoms with E-state index in [-0.39, 0.29) is 6.09 Å². The fraction of sp³-hybridized carbons (Fsp3) is 0.387. The van der Waals surface area contributed by atoms with E-state index < -0.39 is 5.60 Å². The zero-order valence-electron chi connectivity index (χ0n) is 22.0. The summed E-state index contributed by atoms with van der Waals surface area (Å²) in [6, 6.07) is 21.3. The molecular weight excluding hydrogens is 460 g/mol. The van der Waals surface area contributed by atoms with Crippen molar-refractivity contribution in [1.29, 1.82) is 0 Å². The van der Waals surface area contributed by atoms with Gasteiger partial charge < -0.3 is 10.1 Å². The van der Waals surface area contributed by atoms with Crippen LogP contribution in [0.3, 0.4) is 0 Å². The molecule has 4 aromatic rings. The van der Waals surface area contributed by atoms with Crippen LogP contribution in [0.4, 0.5) is 4.79 Å². The fourth-order valence-electron chi connectivity index (χ4n) is 5.13. The van der Waals surface area contributed by atoms with Crippen LogP contribution in [0.1, 0.15) is 69.9 Å². The topological polar surface area (TPSA) is 69.0 Å².